The van der Waals surface area contributed by atoms with Gasteiger partial charge >= 0.3 is 0 Å². The largest absolute Gasteiger partial charge is 0.493 e. The van der Waals surface area contributed by atoms with Crippen LogP contribution in [0, 0.1) is 0 Å². The van der Waals surface area contributed by atoms with Crippen LogP contribution in [0.2, 0.25) is 0 Å². The first kappa shape index (κ1) is 17.0. The van der Waals surface area contributed by atoms with E-state index in [0.717, 1.165) is 12.1 Å². The molecular weight excluding hydrogens is 288 g/mol. The van der Waals surface area contributed by atoms with E-state index in [2.05, 4.69) is 22.3 Å². The number of hydrogen-bond donors (Lipinski definition) is 1. The molecule has 1 N–H and O–H groups in total. The molecule has 0 bridgehead atoms. The van der Waals surface area contributed by atoms with Crippen molar-refractivity contribution in [3.63, 3.8) is 0 Å². The van der Waals surface area contributed by atoms with Gasteiger partial charge in [-0.3, -0.25) is 4.79 Å². The maximum absolute atomic E-state index is 12.3. The van der Waals surface area contributed by atoms with Crippen LogP contribution in [-0.2, 0) is 13.1 Å². The second-order valence-electron chi connectivity index (χ2n) is 5.67. The average Bonchev–Trinajstić information content (AvgIpc) is 2.54. The predicted octanol–water partition coefficient (Wildman–Crippen LogP) is 3.08. The van der Waals surface area contributed by atoms with Crippen LogP contribution in [0.3, 0.4) is 0 Å². The number of amides is 1. The van der Waals surface area contributed by atoms with Crippen molar-refractivity contribution >= 4 is 5.91 Å². The SMILES string of the molecule is CCOc1ccccc1C(=O)NCc1ccc(CN(C)C)cc1. The van der Waals surface area contributed by atoms with E-state index in [0.29, 0.717) is 24.5 Å². The highest BCUT2D eigenvalue weighted by atomic mass is 16.5. The molecule has 0 saturated heterocycles. The molecular formula is C19H24N2O2. The van der Waals surface area contributed by atoms with Crippen LogP contribution in [0.1, 0.15) is 28.4 Å². The molecule has 0 atom stereocenters. The van der Waals surface area contributed by atoms with Crippen molar-refractivity contribution in [2.75, 3.05) is 20.7 Å². The fourth-order valence-electron chi connectivity index (χ4n) is 2.34. The molecule has 0 unspecified atom stereocenters. The zero-order chi connectivity index (χ0) is 16.7. The predicted molar refractivity (Wildman–Crippen MR) is 92.6 cm³/mol. The summed E-state index contributed by atoms with van der Waals surface area (Å²) in [5.74, 6) is 0.500. The lowest BCUT2D eigenvalue weighted by Crippen LogP contribution is -2.23. The van der Waals surface area contributed by atoms with E-state index in [1.54, 1.807) is 6.07 Å². The number of nitrogens with zero attached hydrogens (tertiary/aromatic N) is 1. The summed E-state index contributed by atoms with van der Waals surface area (Å²) in [6.45, 7) is 3.86. The highest BCUT2D eigenvalue weighted by molar-refractivity contribution is 5.96. The van der Waals surface area contributed by atoms with Crippen LogP contribution in [0.5, 0.6) is 5.75 Å². The zero-order valence-electron chi connectivity index (χ0n) is 14.0. The van der Waals surface area contributed by atoms with E-state index in [9.17, 15) is 4.79 Å². The van der Waals surface area contributed by atoms with Gasteiger partial charge in [0.2, 0.25) is 0 Å². The number of para-hydroxylation sites is 1. The molecule has 0 saturated carbocycles. The summed E-state index contributed by atoms with van der Waals surface area (Å²) in [5, 5.41) is 2.94. The number of nitrogens with one attached hydrogen (secondary N) is 1. The summed E-state index contributed by atoms with van der Waals surface area (Å²) in [5.41, 5.74) is 2.90. The summed E-state index contributed by atoms with van der Waals surface area (Å²) in [6, 6.07) is 15.6. The smallest absolute Gasteiger partial charge is 0.255 e. The van der Waals surface area contributed by atoms with Crippen LogP contribution in [-0.4, -0.2) is 31.5 Å². The highest BCUT2D eigenvalue weighted by Gasteiger charge is 2.11. The Morgan fingerprint density at radius 3 is 2.35 bits per heavy atom. The second-order valence-corrected chi connectivity index (χ2v) is 5.67. The minimum atomic E-state index is -0.119. The first-order valence-corrected chi connectivity index (χ1v) is 7.82. The van der Waals surface area contributed by atoms with Crippen LogP contribution >= 0.6 is 0 Å². The van der Waals surface area contributed by atoms with Crippen LogP contribution in [0.4, 0.5) is 0 Å². The first-order chi connectivity index (χ1) is 11.1. The number of ether oxygens (including phenoxy) is 1. The molecule has 0 aliphatic carbocycles. The number of benzene rings is 2. The van der Waals surface area contributed by atoms with E-state index in [4.69, 9.17) is 4.74 Å². The third-order valence-corrected chi connectivity index (χ3v) is 3.41. The zero-order valence-corrected chi connectivity index (χ0v) is 14.0. The Morgan fingerprint density at radius 1 is 1.04 bits per heavy atom. The molecule has 122 valence electrons. The van der Waals surface area contributed by atoms with Gasteiger partial charge in [-0.25, -0.2) is 0 Å². The van der Waals surface area contributed by atoms with E-state index in [-0.39, 0.29) is 5.91 Å². The molecule has 23 heavy (non-hydrogen) atoms. The topological polar surface area (TPSA) is 41.6 Å². The molecule has 4 heteroatoms. The summed E-state index contributed by atoms with van der Waals surface area (Å²) in [7, 11) is 4.09. The van der Waals surface area contributed by atoms with Crippen molar-refractivity contribution in [3.05, 3.63) is 65.2 Å². The molecule has 2 aromatic rings. The quantitative estimate of drug-likeness (QED) is 0.854. The minimum absolute atomic E-state index is 0.119. The lowest BCUT2D eigenvalue weighted by molar-refractivity contribution is 0.0947. The molecule has 0 fully saturated rings. The van der Waals surface area contributed by atoms with Gasteiger partial charge in [-0.2, -0.15) is 0 Å². The Balaban J connectivity index is 1.96. The third-order valence-electron chi connectivity index (χ3n) is 3.41. The van der Waals surface area contributed by atoms with Gasteiger partial charge in [0.15, 0.2) is 0 Å². The minimum Gasteiger partial charge on any atom is -0.493 e. The van der Waals surface area contributed by atoms with E-state index >= 15 is 0 Å². The van der Waals surface area contributed by atoms with Gasteiger partial charge in [-0.05, 0) is 44.3 Å². The van der Waals surface area contributed by atoms with Crippen molar-refractivity contribution < 1.29 is 9.53 Å². The van der Waals surface area contributed by atoms with Gasteiger partial charge in [0.05, 0.1) is 12.2 Å². The maximum atomic E-state index is 12.3. The molecule has 2 aromatic carbocycles. The summed E-state index contributed by atoms with van der Waals surface area (Å²) >= 11 is 0. The molecule has 2 rings (SSSR count). The molecule has 0 radical (unpaired) electrons. The Kier molecular flexibility index (Phi) is 6.18. The Hall–Kier alpha value is -2.33. The van der Waals surface area contributed by atoms with Crippen molar-refractivity contribution in [1.82, 2.24) is 10.2 Å². The van der Waals surface area contributed by atoms with Gasteiger partial charge in [-0.1, -0.05) is 36.4 Å². The lowest BCUT2D eigenvalue weighted by atomic mass is 10.1. The van der Waals surface area contributed by atoms with Gasteiger partial charge < -0.3 is 15.0 Å². The van der Waals surface area contributed by atoms with E-state index in [1.807, 2.05) is 51.4 Å². The van der Waals surface area contributed by atoms with E-state index < -0.39 is 0 Å². The number of carbonyl (C=O) groups is 1. The van der Waals surface area contributed by atoms with Crippen molar-refractivity contribution in [1.29, 1.82) is 0 Å². The van der Waals surface area contributed by atoms with E-state index in [1.165, 1.54) is 5.56 Å². The number of carbonyl (C=O) groups excluding carboxylic acids is 1. The Bertz CT molecular complexity index is 636. The summed E-state index contributed by atoms with van der Waals surface area (Å²) in [4.78, 5) is 14.5. The summed E-state index contributed by atoms with van der Waals surface area (Å²) in [6.07, 6.45) is 0. The van der Waals surface area contributed by atoms with Gasteiger partial charge in [-0.15, -0.1) is 0 Å². The van der Waals surface area contributed by atoms with Crippen molar-refractivity contribution in [3.8, 4) is 5.75 Å². The molecule has 0 heterocycles. The van der Waals surface area contributed by atoms with Crippen LogP contribution in [0.25, 0.3) is 0 Å². The molecule has 0 aliphatic rings. The van der Waals surface area contributed by atoms with Gasteiger partial charge in [0.25, 0.3) is 5.91 Å². The van der Waals surface area contributed by atoms with Gasteiger partial charge in [0, 0.05) is 13.1 Å². The monoisotopic (exact) mass is 312 g/mol. The number of rotatable bonds is 7. The fraction of sp³-hybridized carbons (Fsp3) is 0.316. The average molecular weight is 312 g/mol. The van der Waals surface area contributed by atoms with Crippen LogP contribution in [0.15, 0.2) is 48.5 Å². The molecule has 1 amide bonds. The van der Waals surface area contributed by atoms with Crippen LogP contribution < -0.4 is 10.1 Å². The molecule has 4 nitrogen and oxygen atoms in total. The second kappa shape index (κ2) is 8.34. The lowest BCUT2D eigenvalue weighted by Gasteiger charge is -2.12. The molecule has 0 aliphatic heterocycles. The summed E-state index contributed by atoms with van der Waals surface area (Å²) < 4.78 is 5.50. The molecule has 0 spiro atoms. The standard InChI is InChI=1S/C19H24N2O2/c1-4-23-18-8-6-5-7-17(18)19(22)20-13-15-9-11-16(12-10-15)14-21(2)3/h5-12H,4,13-14H2,1-3H3,(H,20,22). The Labute approximate surface area is 138 Å². The van der Waals surface area contributed by atoms with Crippen molar-refractivity contribution in [2.24, 2.45) is 0 Å². The normalized spacial score (nSPS) is 10.6. The Morgan fingerprint density at radius 2 is 1.70 bits per heavy atom. The first-order valence-electron chi connectivity index (χ1n) is 7.82. The fourth-order valence-corrected chi connectivity index (χ4v) is 2.34. The van der Waals surface area contributed by atoms with Crippen molar-refractivity contribution in [2.45, 2.75) is 20.0 Å². The number of hydrogen-bond acceptors (Lipinski definition) is 3. The molecule has 0 aromatic heterocycles. The maximum Gasteiger partial charge on any atom is 0.255 e. The van der Waals surface area contributed by atoms with Gasteiger partial charge in [0.1, 0.15) is 5.75 Å². The highest BCUT2D eigenvalue weighted by Crippen LogP contribution is 2.17. The third kappa shape index (κ3) is 5.11.